The molecule has 0 aliphatic carbocycles. The van der Waals surface area contributed by atoms with Crippen molar-refractivity contribution in [3.8, 4) is 22.8 Å². The number of hydrogen-bond acceptors (Lipinski definition) is 13. The molecule has 2 aliphatic heterocycles. The van der Waals surface area contributed by atoms with Gasteiger partial charge in [-0.3, -0.25) is 4.79 Å². The molecule has 5 rings (SSSR count). The average molecular weight is 563 g/mol. The fraction of sp³-hybridized carbons (Fsp3) is 0.444. The number of benzene rings is 2. The largest absolute Gasteiger partial charge is 0.507 e. The molecule has 3 aromatic rings. The third-order valence-electron chi connectivity index (χ3n) is 7.01. The second-order valence-electron chi connectivity index (χ2n) is 9.76. The third kappa shape index (κ3) is 5.31. The predicted molar refractivity (Wildman–Crippen MR) is 135 cm³/mol. The molecule has 2 aromatic carbocycles. The Balaban J connectivity index is 1.37. The summed E-state index contributed by atoms with van der Waals surface area (Å²) in [5.74, 6) is -0.286. The molecule has 13 nitrogen and oxygen atoms in total. The van der Waals surface area contributed by atoms with Gasteiger partial charge in [-0.2, -0.15) is 0 Å². The Kier molecular flexibility index (Phi) is 8.10. The van der Waals surface area contributed by atoms with Crippen LogP contribution in [-0.2, 0) is 14.2 Å². The highest BCUT2D eigenvalue weighted by Gasteiger charge is 2.50. The zero-order valence-corrected chi connectivity index (χ0v) is 21.2. The highest BCUT2D eigenvalue weighted by atomic mass is 16.7. The molecular formula is C27H30O13. The summed E-state index contributed by atoms with van der Waals surface area (Å²) in [5, 5.41) is 72.1. The van der Waals surface area contributed by atoms with Crippen LogP contribution in [0.2, 0.25) is 0 Å². The average Bonchev–Trinajstić information content (AvgIpc) is 2.94. The molecule has 0 spiro atoms. The van der Waals surface area contributed by atoms with Gasteiger partial charge in [0.05, 0.1) is 12.7 Å². The summed E-state index contributed by atoms with van der Waals surface area (Å²) in [6.45, 7) is 0.728. The maximum atomic E-state index is 12.7. The molecule has 13 heteroatoms. The number of aliphatic hydroxyl groups is 6. The highest BCUT2D eigenvalue weighted by Crippen LogP contribution is 2.34. The topological polar surface area (TPSA) is 209 Å². The van der Waals surface area contributed by atoms with E-state index in [2.05, 4.69) is 0 Å². The first-order valence-corrected chi connectivity index (χ1v) is 12.6. The van der Waals surface area contributed by atoms with Crippen molar-refractivity contribution < 1.29 is 59.1 Å². The van der Waals surface area contributed by atoms with Gasteiger partial charge in [-0.15, -0.1) is 0 Å². The molecule has 0 amide bonds. The zero-order chi connectivity index (χ0) is 28.7. The standard InChI is InChI=1S/C27H30O13/c1-11-20(31)21(32)23(34)26(36-11)40-25-18(10-28)39-27(24(35)22(25)33)37-13-7-14(29)19-15(30)9-16(38-17(19)8-13)12-5-3-2-4-6-12/h2-9,11,18,20-29,31-35H,10H2,1H3. The van der Waals surface area contributed by atoms with Crippen molar-refractivity contribution >= 4 is 11.0 Å². The Bertz CT molecular complexity index is 1380. The molecular weight excluding hydrogens is 532 g/mol. The van der Waals surface area contributed by atoms with Gasteiger partial charge in [0, 0.05) is 23.8 Å². The van der Waals surface area contributed by atoms with Crippen LogP contribution < -0.4 is 10.2 Å². The summed E-state index contributed by atoms with van der Waals surface area (Å²) >= 11 is 0. The van der Waals surface area contributed by atoms with Crippen LogP contribution in [0.15, 0.2) is 57.7 Å². The van der Waals surface area contributed by atoms with Crippen molar-refractivity contribution in [1.82, 2.24) is 0 Å². The molecule has 3 heterocycles. The summed E-state index contributed by atoms with van der Waals surface area (Å²) in [6.07, 6.45) is -14.9. The number of fused-ring (bicyclic) bond motifs is 1. The summed E-state index contributed by atoms with van der Waals surface area (Å²) < 4.78 is 28.1. The van der Waals surface area contributed by atoms with E-state index in [9.17, 15) is 40.5 Å². The smallest absolute Gasteiger partial charge is 0.229 e. The van der Waals surface area contributed by atoms with Crippen LogP contribution in [0.25, 0.3) is 22.3 Å². The number of phenolic OH excluding ortho intramolecular Hbond substituents is 1. The van der Waals surface area contributed by atoms with Gasteiger partial charge < -0.3 is 59.1 Å². The van der Waals surface area contributed by atoms with E-state index in [-0.39, 0.29) is 22.5 Å². The van der Waals surface area contributed by atoms with Crippen molar-refractivity contribution in [3.05, 3.63) is 58.8 Å². The molecule has 2 aliphatic rings. The van der Waals surface area contributed by atoms with Crippen molar-refractivity contribution in [1.29, 1.82) is 0 Å². The highest BCUT2D eigenvalue weighted by molar-refractivity contribution is 5.86. The SMILES string of the molecule is CC1OC(OC2C(CO)OC(Oc3cc(O)c4c(=O)cc(-c5ccccc5)oc4c3)C(O)C2O)C(O)C(O)C1O. The third-order valence-corrected chi connectivity index (χ3v) is 7.01. The van der Waals surface area contributed by atoms with E-state index >= 15 is 0 Å². The monoisotopic (exact) mass is 562 g/mol. The van der Waals surface area contributed by atoms with Gasteiger partial charge in [-0.05, 0) is 6.92 Å². The van der Waals surface area contributed by atoms with E-state index in [1.165, 1.54) is 19.1 Å². The maximum Gasteiger partial charge on any atom is 0.229 e. The Morgan fingerprint density at radius 2 is 1.55 bits per heavy atom. The lowest BCUT2D eigenvalue weighted by atomic mass is 9.97. The summed E-state index contributed by atoms with van der Waals surface area (Å²) in [6, 6.07) is 12.5. The summed E-state index contributed by atoms with van der Waals surface area (Å²) in [4.78, 5) is 12.7. The number of aliphatic hydroxyl groups excluding tert-OH is 6. The fourth-order valence-electron chi connectivity index (χ4n) is 4.79. The molecule has 2 fully saturated rings. The van der Waals surface area contributed by atoms with E-state index in [0.717, 1.165) is 6.07 Å². The lowest BCUT2D eigenvalue weighted by Gasteiger charge is -2.45. The van der Waals surface area contributed by atoms with Crippen LogP contribution in [0.3, 0.4) is 0 Å². The molecule has 10 unspecified atom stereocenters. The van der Waals surface area contributed by atoms with Gasteiger partial charge in [0.1, 0.15) is 71.0 Å². The Labute approximate surface area is 227 Å². The number of hydrogen-bond donors (Lipinski definition) is 7. The van der Waals surface area contributed by atoms with E-state index in [0.29, 0.717) is 5.56 Å². The van der Waals surface area contributed by atoms with Crippen molar-refractivity contribution in [2.45, 2.75) is 68.3 Å². The van der Waals surface area contributed by atoms with E-state index < -0.39 is 79.2 Å². The van der Waals surface area contributed by atoms with Crippen LogP contribution in [-0.4, -0.2) is 104 Å². The lowest BCUT2D eigenvalue weighted by Crippen LogP contribution is -2.64. The lowest BCUT2D eigenvalue weighted by molar-refractivity contribution is -0.349. The number of aromatic hydroxyl groups is 1. The molecule has 10 atom stereocenters. The quantitative estimate of drug-likeness (QED) is 0.196. The van der Waals surface area contributed by atoms with E-state index in [1.807, 2.05) is 0 Å². The van der Waals surface area contributed by atoms with Crippen molar-refractivity contribution in [2.24, 2.45) is 0 Å². The fourth-order valence-corrected chi connectivity index (χ4v) is 4.79. The van der Waals surface area contributed by atoms with Gasteiger partial charge in [0.25, 0.3) is 0 Å². The van der Waals surface area contributed by atoms with Crippen LogP contribution >= 0.6 is 0 Å². The van der Waals surface area contributed by atoms with Crippen LogP contribution in [0.1, 0.15) is 6.92 Å². The van der Waals surface area contributed by atoms with Gasteiger partial charge >= 0.3 is 0 Å². The van der Waals surface area contributed by atoms with Crippen molar-refractivity contribution in [3.63, 3.8) is 0 Å². The van der Waals surface area contributed by atoms with Crippen LogP contribution in [0, 0.1) is 0 Å². The van der Waals surface area contributed by atoms with E-state index in [1.54, 1.807) is 30.3 Å². The zero-order valence-electron chi connectivity index (χ0n) is 21.2. The molecule has 7 N–H and O–H groups in total. The maximum absolute atomic E-state index is 12.7. The minimum Gasteiger partial charge on any atom is -0.507 e. The summed E-state index contributed by atoms with van der Waals surface area (Å²) in [7, 11) is 0. The first-order chi connectivity index (χ1) is 19.1. The minimum atomic E-state index is -1.76. The van der Waals surface area contributed by atoms with Gasteiger partial charge in [-0.25, -0.2) is 0 Å². The number of ether oxygens (including phenoxy) is 4. The van der Waals surface area contributed by atoms with Gasteiger partial charge in [-0.1, -0.05) is 30.3 Å². The van der Waals surface area contributed by atoms with Crippen LogP contribution in [0.4, 0.5) is 0 Å². The first kappa shape index (κ1) is 28.4. The molecule has 2 saturated heterocycles. The van der Waals surface area contributed by atoms with E-state index in [4.69, 9.17) is 23.4 Å². The molecule has 40 heavy (non-hydrogen) atoms. The molecule has 0 saturated carbocycles. The normalized spacial score (nSPS) is 34.6. The van der Waals surface area contributed by atoms with Crippen molar-refractivity contribution in [2.75, 3.05) is 6.61 Å². The molecule has 0 radical (unpaired) electrons. The molecule has 216 valence electrons. The molecule has 0 bridgehead atoms. The second kappa shape index (κ2) is 11.4. The second-order valence-corrected chi connectivity index (χ2v) is 9.76. The summed E-state index contributed by atoms with van der Waals surface area (Å²) in [5.41, 5.74) is 0.125. The molecule has 1 aromatic heterocycles. The van der Waals surface area contributed by atoms with Crippen LogP contribution in [0.5, 0.6) is 11.5 Å². The number of rotatable bonds is 6. The minimum absolute atomic E-state index is 0.00887. The van der Waals surface area contributed by atoms with Gasteiger partial charge in [0.15, 0.2) is 11.7 Å². The Hall–Kier alpha value is -3.11. The Morgan fingerprint density at radius 1 is 0.850 bits per heavy atom. The van der Waals surface area contributed by atoms with Gasteiger partial charge in [0.2, 0.25) is 6.29 Å². The Morgan fingerprint density at radius 3 is 2.25 bits per heavy atom. The first-order valence-electron chi connectivity index (χ1n) is 12.6. The number of phenols is 1. The predicted octanol–water partition coefficient (Wildman–Crippen LogP) is -0.804.